The minimum atomic E-state index is 0.960. The molecule has 60 heavy (non-hydrogen) atoms. The molecular weight excluding hydrogens is 727 g/mol. The summed E-state index contributed by atoms with van der Waals surface area (Å²) in [7, 11) is 0. The fourth-order valence-electron chi connectivity index (χ4n) is 9.26. The standard InChI is InChI=1S/C57H37N3/c1-3-15-40(16-4-1)51-35-44(36-52(58-51)41-17-5-2-6-18-41)38-26-30-45(31-27-38)59-54-23-11-9-21-47(54)49-32-28-43(37-57(49)59)42-29-33-56-50(34-42)48-22-10-12-24-55(48)60(56)53-25-13-19-39-14-7-8-20-46(39)53/h1-37H. The second kappa shape index (κ2) is 13.8. The van der Waals surface area contributed by atoms with Gasteiger partial charge in [-0.3, -0.25) is 0 Å². The van der Waals surface area contributed by atoms with E-state index in [9.17, 15) is 0 Å². The first kappa shape index (κ1) is 34.1. The molecule has 0 spiro atoms. The molecule has 3 heterocycles. The Bertz CT molecular complexity index is 3510. The maximum absolute atomic E-state index is 5.11. The number of aromatic nitrogens is 3. The van der Waals surface area contributed by atoms with Gasteiger partial charge in [0.25, 0.3) is 0 Å². The molecule has 0 aliphatic carbocycles. The maximum Gasteiger partial charge on any atom is 0.0715 e. The zero-order chi connectivity index (χ0) is 39.6. The summed E-state index contributed by atoms with van der Waals surface area (Å²) in [5.41, 5.74) is 15.9. The van der Waals surface area contributed by atoms with Crippen molar-refractivity contribution in [2.24, 2.45) is 0 Å². The second-order valence-electron chi connectivity index (χ2n) is 15.6. The van der Waals surface area contributed by atoms with E-state index in [1.54, 1.807) is 0 Å². The van der Waals surface area contributed by atoms with Crippen molar-refractivity contribution in [3.8, 4) is 56.1 Å². The molecule has 0 atom stereocenters. The SMILES string of the molecule is c1ccc(-c2cc(-c3ccc(-n4c5ccccc5c5ccc(-c6ccc7c(c6)c6ccccc6n7-c6cccc7ccccc67)cc54)cc3)cc(-c3ccccc3)n2)cc1. The van der Waals surface area contributed by atoms with Gasteiger partial charge in [0.05, 0.1) is 39.1 Å². The fourth-order valence-corrected chi connectivity index (χ4v) is 9.26. The van der Waals surface area contributed by atoms with Gasteiger partial charge in [-0.25, -0.2) is 4.98 Å². The van der Waals surface area contributed by atoms with Crippen LogP contribution in [0.3, 0.4) is 0 Å². The van der Waals surface area contributed by atoms with Crippen LogP contribution in [0.4, 0.5) is 0 Å². The normalized spacial score (nSPS) is 11.7. The molecule has 12 aromatic rings. The molecule has 3 heteroatoms. The highest BCUT2D eigenvalue weighted by Gasteiger charge is 2.18. The smallest absolute Gasteiger partial charge is 0.0715 e. The van der Waals surface area contributed by atoms with Crippen molar-refractivity contribution in [3.05, 3.63) is 224 Å². The number of nitrogens with zero attached hydrogens (tertiary/aromatic N) is 3. The number of rotatable bonds is 6. The van der Waals surface area contributed by atoms with Crippen molar-refractivity contribution >= 4 is 54.4 Å². The Labute approximate surface area is 347 Å². The van der Waals surface area contributed by atoms with Gasteiger partial charge in [-0.2, -0.15) is 0 Å². The van der Waals surface area contributed by atoms with Gasteiger partial charge in [-0.1, -0.05) is 164 Å². The molecule has 0 saturated carbocycles. The van der Waals surface area contributed by atoms with Crippen LogP contribution in [0.5, 0.6) is 0 Å². The molecule has 0 saturated heterocycles. The van der Waals surface area contributed by atoms with Crippen LogP contribution in [-0.2, 0) is 0 Å². The average Bonchev–Trinajstić information content (AvgIpc) is 3.84. The van der Waals surface area contributed by atoms with Gasteiger partial charge >= 0.3 is 0 Å². The molecule has 280 valence electrons. The van der Waals surface area contributed by atoms with Crippen molar-refractivity contribution in [1.29, 1.82) is 0 Å². The highest BCUT2D eigenvalue weighted by atomic mass is 15.0. The Morgan fingerprint density at radius 3 is 1.50 bits per heavy atom. The van der Waals surface area contributed by atoms with E-state index in [-0.39, 0.29) is 0 Å². The van der Waals surface area contributed by atoms with E-state index in [2.05, 4.69) is 221 Å². The largest absolute Gasteiger partial charge is 0.309 e. The van der Waals surface area contributed by atoms with Crippen LogP contribution in [0, 0.1) is 0 Å². The van der Waals surface area contributed by atoms with Crippen LogP contribution >= 0.6 is 0 Å². The van der Waals surface area contributed by atoms with E-state index >= 15 is 0 Å². The summed E-state index contributed by atoms with van der Waals surface area (Å²) in [5, 5.41) is 7.45. The maximum atomic E-state index is 5.11. The van der Waals surface area contributed by atoms with E-state index in [0.29, 0.717) is 0 Å². The lowest BCUT2D eigenvalue weighted by atomic mass is 9.99. The van der Waals surface area contributed by atoms with Gasteiger partial charge < -0.3 is 9.13 Å². The van der Waals surface area contributed by atoms with E-state index in [1.165, 1.54) is 71.2 Å². The molecule has 9 aromatic carbocycles. The van der Waals surface area contributed by atoms with Crippen LogP contribution < -0.4 is 0 Å². The van der Waals surface area contributed by atoms with Crippen LogP contribution in [0.25, 0.3) is 111 Å². The summed E-state index contributed by atoms with van der Waals surface area (Å²) in [6, 6.07) is 81.0. The van der Waals surface area contributed by atoms with Gasteiger partial charge in [0.15, 0.2) is 0 Å². The van der Waals surface area contributed by atoms with Crippen molar-refractivity contribution < 1.29 is 0 Å². The molecule has 0 amide bonds. The minimum Gasteiger partial charge on any atom is -0.309 e. The molecule has 0 aliphatic heterocycles. The molecule has 3 aromatic heterocycles. The highest BCUT2D eigenvalue weighted by molar-refractivity contribution is 6.13. The van der Waals surface area contributed by atoms with Crippen LogP contribution in [-0.4, -0.2) is 14.1 Å². The molecule has 0 aliphatic rings. The second-order valence-corrected chi connectivity index (χ2v) is 15.6. The Morgan fingerprint density at radius 1 is 0.267 bits per heavy atom. The van der Waals surface area contributed by atoms with E-state index in [1.807, 2.05) is 12.1 Å². The first-order chi connectivity index (χ1) is 29.7. The summed E-state index contributed by atoms with van der Waals surface area (Å²) < 4.78 is 4.85. The van der Waals surface area contributed by atoms with Gasteiger partial charge in [-0.15, -0.1) is 0 Å². The van der Waals surface area contributed by atoms with Crippen molar-refractivity contribution in [3.63, 3.8) is 0 Å². The Balaban J connectivity index is 0.984. The predicted molar refractivity (Wildman–Crippen MR) is 252 cm³/mol. The molecule has 0 N–H and O–H groups in total. The summed E-state index contributed by atoms with van der Waals surface area (Å²) in [6.07, 6.45) is 0. The highest BCUT2D eigenvalue weighted by Crippen LogP contribution is 2.40. The molecule has 0 unspecified atom stereocenters. The number of hydrogen-bond donors (Lipinski definition) is 0. The molecule has 0 bridgehead atoms. The van der Waals surface area contributed by atoms with Gasteiger partial charge in [0.1, 0.15) is 0 Å². The molecule has 3 nitrogen and oxygen atoms in total. The number of hydrogen-bond acceptors (Lipinski definition) is 1. The molecule has 0 fully saturated rings. The van der Waals surface area contributed by atoms with E-state index in [0.717, 1.165) is 39.3 Å². The molecule has 0 radical (unpaired) electrons. The Morgan fingerprint density at radius 2 is 0.783 bits per heavy atom. The lowest BCUT2D eigenvalue weighted by Crippen LogP contribution is -1.95. The van der Waals surface area contributed by atoms with Gasteiger partial charge in [0.2, 0.25) is 0 Å². The fraction of sp³-hybridized carbons (Fsp3) is 0. The van der Waals surface area contributed by atoms with Crippen LogP contribution in [0.1, 0.15) is 0 Å². The Hall–Kier alpha value is -8.01. The van der Waals surface area contributed by atoms with Gasteiger partial charge in [-0.05, 0) is 88.3 Å². The minimum absolute atomic E-state index is 0.960. The first-order valence-corrected chi connectivity index (χ1v) is 20.5. The van der Waals surface area contributed by atoms with Crippen molar-refractivity contribution in [1.82, 2.24) is 14.1 Å². The topological polar surface area (TPSA) is 22.8 Å². The molecule has 12 rings (SSSR count). The Kier molecular flexibility index (Phi) is 7.85. The quantitative estimate of drug-likeness (QED) is 0.165. The third-order valence-corrected chi connectivity index (χ3v) is 12.1. The van der Waals surface area contributed by atoms with Crippen LogP contribution in [0.15, 0.2) is 224 Å². The monoisotopic (exact) mass is 763 g/mol. The number of benzene rings is 9. The zero-order valence-electron chi connectivity index (χ0n) is 32.7. The summed E-state index contributed by atoms with van der Waals surface area (Å²) >= 11 is 0. The first-order valence-electron chi connectivity index (χ1n) is 20.5. The van der Waals surface area contributed by atoms with Crippen molar-refractivity contribution in [2.75, 3.05) is 0 Å². The summed E-state index contributed by atoms with van der Waals surface area (Å²) in [4.78, 5) is 5.11. The molecular formula is C57H37N3. The number of pyridine rings is 1. The summed E-state index contributed by atoms with van der Waals surface area (Å²) in [5.74, 6) is 0. The van der Waals surface area contributed by atoms with Crippen LogP contribution in [0.2, 0.25) is 0 Å². The van der Waals surface area contributed by atoms with Crippen molar-refractivity contribution in [2.45, 2.75) is 0 Å². The average molecular weight is 764 g/mol. The number of fused-ring (bicyclic) bond motifs is 7. The van der Waals surface area contributed by atoms with Gasteiger partial charge in [0, 0.05) is 43.7 Å². The summed E-state index contributed by atoms with van der Waals surface area (Å²) in [6.45, 7) is 0. The number of para-hydroxylation sites is 2. The van der Waals surface area contributed by atoms with E-state index in [4.69, 9.17) is 4.98 Å². The lowest BCUT2D eigenvalue weighted by Gasteiger charge is -2.13. The van der Waals surface area contributed by atoms with E-state index < -0.39 is 0 Å². The zero-order valence-corrected chi connectivity index (χ0v) is 32.7. The third kappa shape index (κ3) is 5.55. The third-order valence-electron chi connectivity index (χ3n) is 12.1. The predicted octanol–water partition coefficient (Wildman–Crippen LogP) is 15.1. The lowest BCUT2D eigenvalue weighted by molar-refractivity contribution is 1.18.